The van der Waals surface area contributed by atoms with E-state index in [9.17, 15) is 0 Å². The van der Waals surface area contributed by atoms with Crippen LogP contribution in [0.15, 0.2) is 24.3 Å². The molecule has 1 atom stereocenters. The Balaban J connectivity index is 1.59. The van der Waals surface area contributed by atoms with Gasteiger partial charge in [-0.15, -0.1) is 0 Å². The lowest BCUT2D eigenvalue weighted by Crippen LogP contribution is -2.37. The molecule has 0 bridgehead atoms. The quantitative estimate of drug-likeness (QED) is 0.795. The Hall–Kier alpha value is -1.53. The molecule has 0 spiro atoms. The van der Waals surface area contributed by atoms with E-state index in [-0.39, 0.29) is 6.10 Å². The highest BCUT2D eigenvalue weighted by molar-refractivity contribution is 5.37. The van der Waals surface area contributed by atoms with Crippen molar-refractivity contribution in [2.24, 2.45) is 0 Å². The van der Waals surface area contributed by atoms with E-state index in [0.717, 1.165) is 25.3 Å². The van der Waals surface area contributed by atoms with Gasteiger partial charge >= 0.3 is 0 Å². The fourth-order valence-electron chi connectivity index (χ4n) is 2.67. The number of rotatable bonds is 5. The Morgan fingerprint density at radius 1 is 1.33 bits per heavy atom. The fraction of sp³-hybridized carbons (Fsp3) is 0.533. The molecular formula is C15H18N2O. The van der Waals surface area contributed by atoms with Crippen molar-refractivity contribution in [3.63, 3.8) is 0 Å². The summed E-state index contributed by atoms with van der Waals surface area (Å²) in [6.45, 7) is 1.85. The van der Waals surface area contributed by atoms with E-state index in [4.69, 9.17) is 10.00 Å². The molecule has 0 amide bonds. The molecule has 1 unspecified atom stereocenters. The van der Waals surface area contributed by atoms with Gasteiger partial charge in [0.1, 0.15) is 11.9 Å². The average molecular weight is 242 g/mol. The van der Waals surface area contributed by atoms with Gasteiger partial charge in [-0.3, -0.25) is 4.90 Å². The molecule has 1 aromatic carbocycles. The zero-order valence-electron chi connectivity index (χ0n) is 10.5. The molecule has 1 aromatic rings. The van der Waals surface area contributed by atoms with Crippen molar-refractivity contribution in [3.05, 3.63) is 29.8 Å². The van der Waals surface area contributed by atoms with Crippen LogP contribution in [0.25, 0.3) is 0 Å². The molecule has 0 aromatic heterocycles. The molecule has 1 heterocycles. The highest BCUT2D eigenvalue weighted by Gasteiger charge is 2.32. The second kappa shape index (κ2) is 4.99. The molecule has 0 saturated heterocycles. The van der Waals surface area contributed by atoms with E-state index >= 15 is 0 Å². The van der Waals surface area contributed by atoms with Crippen molar-refractivity contribution in [1.82, 2.24) is 4.90 Å². The topological polar surface area (TPSA) is 36.3 Å². The van der Waals surface area contributed by atoms with Gasteiger partial charge in [-0.25, -0.2) is 0 Å². The Morgan fingerprint density at radius 3 is 2.89 bits per heavy atom. The molecule has 1 aliphatic carbocycles. The van der Waals surface area contributed by atoms with Gasteiger partial charge in [0.15, 0.2) is 0 Å². The van der Waals surface area contributed by atoms with E-state index in [0.29, 0.717) is 12.5 Å². The molecule has 2 aliphatic rings. The van der Waals surface area contributed by atoms with Gasteiger partial charge in [0.05, 0.1) is 6.07 Å². The fourth-order valence-corrected chi connectivity index (χ4v) is 2.67. The third-order valence-corrected chi connectivity index (χ3v) is 3.73. The maximum Gasteiger partial charge on any atom is 0.123 e. The van der Waals surface area contributed by atoms with Crippen LogP contribution < -0.4 is 4.74 Å². The second-order valence-electron chi connectivity index (χ2n) is 5.19. The Morgan fingerprint density at radius 2 is 2.17 bits per heavy atom. The first-order valence-corrected chi connectivity index (χ1v) is 6.72. The van der Waals surface area contributed by atoms with Crippen LogP contribution in [0.2, 0.25) is 0 Å². The summed E-state index contributed by atoms with van der Waals surface area (Å²) < 4.78 is 5.97. The number of para-hydroxylation sites is 1. The van der Waals surface area contributed by atoms with Gasteiger partial charge in [0.2, 0.25) is 0 Å². The number of nitriles is 1. The van der Waals surface area contributed by atoms with Crippen LogP contribution in [0.1, 0.15) is 24.8 Å². The Bertz CT molecular complexity index is 437. The van der Waals surface area contributed by atoms with Gasteiger partial charge in [0, 0.05) is 32.0 Å². The minimum Gasteiger partial charge on any atom is -0.488 e. The number of ether oxygens (including phenoxy) is 1. The van der Waals surface area contributed by atoms with Crippen molar-refractivity contribution < 1.29 is 4.74 Å². The predicted molar refractivity (Wildman–Crippen MR) is 69.4 cm³/mol. The summed E-state index contributed by atoms with van der Waals surface area (Å²) >= 11 is 0. The first kappa shape index (κ1) is 11.6. The second-order valence-corrected chi connectivity index (χ2v) is 5.19. The highest BCUT2D eigenvalue weighted by atomic mass is 16.5. The molecule has 0 N–H and O–H groups in total. The zero-order valence-corrected chi connectivity index (χ0v) is 10.5. The minimum absolute atomic E-state index is 0.265. The number of nitrogens with zero attached hydrogens (tertiary/aromatic N) is 2. The van der Waals surface area contributed by atoms with Crippen LogP contribution in [0, 0.1) is 11.3 Å². The zero-order chi connectivity index (χ0) is 12.4. The maximum atomic E-state index is 8.71. The Labute approximate surface area is 108 Å². The van der Waals surface area contributed by atoms with Crippen LogP contribution in [0.5, 0.6) is 5.75 Å². The van der Waals surface area contributed by atoms with Gasteiger partial charge < -0.3 is 4.74 Å². The molecule has 3 heteroatoms. The first-order chi connectivity index (χ1) is 8.86. The molecular weight excluding hydrogens is 224 g/mol. The van der Waals surface area contributed by atoms with Crippen molar-refractivity contribution in [2.45, 2.75) is 37.8 Å². The molecule has 94 valence electrons. The predicted octanol–water partition coefficient (Wildman–Crippen LogP) is 2.37. The smallest absolute Gasteiger partial charge is 0.123 e. The normalized spacial score (nSPS) is 21.4. The van der Waals surface area contributed by atoms with Crippen LogP contribution in [-0.4, -0.2) is 30.1 Å². The maximum absolute atomic E-state index is 8.71. The van der Waals surface area contributed by atoms with E-state index in [1.165, 1.54) is 18.4 Å². The summed E-state index contributed by atoms with van der Waals surface area (Å²) in [5.41, 5.74) is 1.32. The van der Waals surface area contributed by atoms with Gasteiger partial charge in [0.25, 0.3) is 0 Å². The molecule has 1 aliphatic heterocycles. The minimum atomic E-state index is 0.265. The Kier molecular flexibility index (Phi) is 3.21. The number of fused-ring (bicyclic) bond motifs is 1. The van der Waals surface area contributed by atoms with Gasteiger partial charge in [-0.1, -0.05) is 18.2 Å². The third-order valence-electron chi connectivity index (χ3n) is 3.73. The third kappa shape index (κ3) is 2.49. The van der Waals surface area contributed by atoms with Crippen LogP contribution in [-0.2, 0) is 6.42 Å². The van der Waals surface area contributed by atoms with E-state index < -0.39 is 0 Å². The van der Waals surface area contributed by atoms with Gasteiger partial charge in [-0.05, 0) is 24.5 Å². The lowest BCUT2D eigenvalue weighted by Gasteiger charge is -2.24. The van der Waals surface area contributed by atoms with Crippen LogP contribution in [0.3, 0.4) is 0 Å². The van der Waals surface area contributed by atoms with E-state index in [2.05, 4.69) is 23.1 Å². The van der Waals surface area contributed by atoms with Crippen molar-refractivity contribution in [3.8, 4) is 11.8 Å². The standard InChI is InChI=1S/C15H18N2O/c16-8-3-9-17(13-6-7-13)11-14-10-12-4-1-2-5-15(12)18-14/h1-2,4-5,13-14H,3,6-7,9-11H2. The SMILES string of the molecule is N#CCCN(CC1Cc2ccccc2O1)C1CC1. The van der Waals surface area contributed by atoms with Crippen molar-refractivity contribution >= 4 is 0 Å². The molecule has 0 radical (unpaired) electrons. The largest absolute Gasteiger partial charge is 0.488 e. The lowest BCUT2D eigenvalue weighted by atomic mass is 10.1. The summed E-state index contributed by atoms with van der Waals surface area (Å²) in [4.78, 5) is 2.43. The molecule has 1 fully saturated rings. The summed E-state index contributed by atoms with van der Waals surface area (Å²) in [5.74, 6) is 1.04. The van der Waals surface area contributed by atoms with Crippen molar-refractivity contribution in [1.29, 1.82) is 5.26 Å². The summed E-state index contributed by atoms with van der Waals surface area (Å²) in [6, 6.07) is 11.2. The number of hydrogen-bond acceptors (Lipinski definition) is 3. The molecule has 1 saturated carbocycles. The first-order valence-electron chi connectivity index (χ1n) is 6.72. The van der Waals surface area contributed by atoms with Crippen molar-refractivity contribution in [2.75, 3.05) is 13.1 Å². The summed E-state index contributed by atoms with van der Waals surface area (Å²) in [6.07, 6.45) is 4.46. The summed E-state index contributed by atoms with van der Waals surface area (Å²) in [5, 5.41) is 8.71. The average Bonchev–Trinajstić information content (AvgIpc) is 3.14. The van der Waals surface area contributed by atoms with E-state index in [1.807, 2.05) is 12.1 Å². The monoisotopic (exact) mass is 242 g/mol. The molecule has 18 heavy (non-hydrogen) atoms. The molecule has 3 rings (SSSR count). The summed E-state index contributed by atoms with van der Waals surface area (Å²) in [7, 11) is 0. The van der Waals surface area contributed by atoms with Gasteiger partial charge in [-0.2, -0.15) is 5.26 Å². The number of hydrogen-bond donors (Lipinski definition) is 0. The van der Waals surface area contributed by atoms with Crippen LogP contribution >= 0.6 is 0 Å². The van der Waals surface area contributed by atoms with E-state index in [1.54, 1.807) is 0 Å². The van der Waals surface area contributed by atoms with Crippen LogP contribution in [0.4, 0.5) is 0 Å². The number of benzene rings is 1. The molecule has 3 nitrogen and oxygen atoms in total. The lowest BCUT2D eigenvalue weighted by molar-refractivity contribution is 0.146. The highest BCUT2D eigenvalue weighted by Crippen LogP contribution is 2.31.